The highest BCUT2D eigenvalue weighted by Gasteiger charge is 2.17. The Morgan fingerprint density at radius 2 is 1.77 bits per heavy atom. The first-order valence-corrected chi connectivity index (χ1v) is 4.83. The molecular weight excluding hydrogens is 156 g/mol. The van der Waals surface area contributed by atoms with Gasteiger partial charge in [0.2, 0.25) is 0 Å². The van der Waals surface area contributed by atoms with Crippen molar-refractivity contribution in [3.05, 3.63) is 48.0 Å². The van der Waals surface area contributed by atoms with Gasteiger partial charge in [0.15, 0.2) is 0 Å². The van der Waals surface area contributed by atoms with Gasteiger partial charge in [-0.25, -0.2) is 0 Å². The summed E-state index contributed by atoms with van der Waals surface area (Å²) in [7, 11) is 0. The number of hydrogen-bond acceptors (Lipinski definition) is 0. The molecule has 0 bridgehead atoms. The second-order valence-corrected chi connectivity index (χ2v) is 4.02. The Labute approximate surface area is 81.3 Å². The molecule has 0 aliphatic heterocycles. The molecule has 0 radical (unpaired) electrons. The zero-order valence-corrected chi connectivity index (χ0v) is 8.75. The minimum absolute atomic E-state index is 0.258. The van der Waals surface area contributed by atoms with E-state index in [9.17, 15) is 0 Å². The molecule has 0 spiro atoms. The normalized spacial score (nSPS) is 12.2. The van der Waals surface area contributed by atoms with Gasteiger partial charge in [0.1, 0.15) is 0 Å². The topological polar surface area (TPSA) is 0 Å². The highest BCUT2D eigenvalue weighted by atomic mass is 14.2. The van der Waals surface area contributed by atoms with Gasteiger partial charge in [-0.05, 0) is 24.3 Å². The molecule has 0 saturated carbocycles. The average Bonchev–Trinajstić information content (AvgIpc) is 2.16. The fraction of sp³-hybridized carbons (Fsp3) is 0.385. The van der Waals surface area contributed by atoms with E-state index in [-0.39, 0.29) is 5.41 Å². The molecule has 0 unspecified atom stereocenters. The van der Waals surface area contributed by atoms with E-state index in [0.717, 1.165) is 6.42 Å². The third-order valence-electron chi connectivity index (χ3n) is 2.42. The minimum atomic E-state index is 0.258. The van der Waals surface area contributed by atoms with Crippen molar-refractivity contribution in [1.82, 2.24) is 0 Å². The molecule has 0 atom stereocenters. The third kappa shape index (κ3) is 2.73. The molecule has 0 aliphatic rings. The largest absolute Gasteiger partial charge is 0.0916 e. The van der Waals surface area contributed by atoms with Crippen molar-refractivity contribution >= 4 is 0 Å². The first-order chi connectivity index (χ1) is 6.17. The lowest BCUT2D eigenvalue weighted by Crippen LogP contribution is -2.15. The zero-order valence-electron chi connectivity index (χ0n) is 8.75. The summed E-state index contributed by atoms with van der Waals surface area (Å²) in [6.45, 7) is 6.63. The van der Waals surface area contributed by atoms with Crippen LogP contribution in [0.15, 0.2) is 42.5 Å². The van der Waals surface area contributed by atoms with Crippen molar-refractivity contribution in [3.8, 4) is 0 Å². The average molecular weight is 174 g/mol. The van der Waals surface area contributed by atoms with E-state index in [1.54, 1.807) is 0 Å². The SMILES string of the molecule is C/C=C\CC(C)(C)c1ccccc1. The molecule has 0 N–H and O–H groups in total. The van der Waals surface area contributed by atoms with Crippen LogP contribution < -0.4 is 0 Å². The first kappa shape index (κ1) is 10.0. The smallest absolute Gasteiger partial charge is 0.00691 e. The lowest BCUT2D eigenvalue weighted by molar-refractivity contribution is 0.534. The second kappa shape index (κ2) is 4.27. The lowest BCUT2D eigenvalue weighted by Gasteiger charge is -2.23. The van der Waals surface area contributed by atoms with Crippen LogP contribution >= 0.6 is 0 Å². The van der Waals surface area contributed by atoms with Crippen molar-refractivity contribution in [2.75, 3.05) is 0 Å². The summed E-state index contributed by atoms with van der Waals surface area (Å²) in [6.07, 6.45) is 5.45. The van der Waals surface area contributed by atoms with E-state index in [2.05, 4.69) is 63.3 Å². The molecule has 0 aromatic heterocycles. The number of allylic oxidation sites excluding steroid dienone is 2. The Morgan fingerprint density at radius 1 is 1.15 bits per heavy atom. The number of hydrogen-bond donors (Lipinski definition) is 0. The van der Waals surface area contributed by atoms with Crippen LogP contribution in [0, 0.1) is 0 Å². The summed E-state index contributed by atoms with van der Waals surface area (Å²) in [5.74, 6) is 0. The molecule has 0 heteroatoms. The van der Waals surface area contributed by atoms with Gasteiger partial charge in [0.25, 0.3) is 0 Å². The van der Waals surface area contributed by atoms with E-state index in [1.807, 2.05) is 0 Å². The molecule has 0 amide bonds. The fourth-order valence-electron chi connectivity index (χ4n) is 1.42. The maximum absolute atomic E-state index is 2.28. The van der Waals surface area contributed by atoms with Gasteiger partial charge in [-0.2, -0.15) is 0 Å². The van der Waals surface area contributed by atoms with Crippen LogP contribution in [0.4, 0.5) is 0 Å². The van der Waals surface area contributed by atoms with E-state index >= 15 is 0 Å². The Balaban J connectivity index is 2.81. The number of benzene rings is 1. The van der Waals surface area contributed by atoms with Crippen molar-refractivity contribution < 1.29 is 0 Å². The van der Waals surface area contributed by atoms with E-state index < -0.39 is 0 Å². The van der Waals surface area contributed by atoms with Gasteiger partial charge in [0.05, 0.1) is 0 Å². The molecule has 1 aromatic carbocycles. The van der Waals surface area contributed by atoms with Gasteiger partial charge in [-0.3, -0.25) is 0 Å². The van der Waals surface area contributed by atoms with Crippen molar-refractivity contribution in [2.45, 2.75) is 32.6 Å². The molecule has 1 aromatic rings. The molecule has 0 fully saturated rings. The Hall–Kier alpha value is -1.04. The number of rotatable bonds is 3. The van der Waals surface area contributed by atoms with Crippen LogP contribution in [-0.4, -0.2) is 0 Å². The Kier molecular flexibility index (Phi) is 3.30. The van der Waals surface area contributed by atoms with E-state index in [0.29, 0.717) is 0 Å². The summed E-state index contributed by atoms with van der Waals surface area (Å²) < 4.78 is 0. The highest BCUT2D eigenvalue weighted by molar-refractivity contribution is 5.24. The summed E-state index contributed by atoms with van der Waals surface area (Å²) in [4.78, 5) is 0. The highest BCUT2D eigenvalue weighted by Crippen LogP contribution is 2.26. The van der Waals surface area contributed by atoms with Gasteiger partial charge >= 0.3 is 0 Å². The van der Waals surface area contributed by atoms with Crippen LogP contribution in [-0.2, 0) is 5.41 Å². The predicted molar refractivity (Wildman–Crippen MR) is 58.9 cm³/mol. The van der Waals surface area contributed by atoms with Crippen molar-refractivity contribution in [2.24, 2.45) is 0 Å². The van der Waals surface area contributed by atoms with E-state index in [4.69, 9.17) is 0 Å². The monoisotopic (exact) mass is 174 g/mol. The standard InChI is InChI=1S/C13H18/c1-4-5-11-13(2,3)12-9-7-6-8-10-12/h4-10H,11H2,1-3H3/b5-4-. The van der Waals surface area contributed by atoms with Gasteiger partial charge < -0.3 is 0 Å². The van der Waals surface area contributed by atoms with E-state index in [1.165, 1.54) is 5.56 Å². The second-order valence-electron chi connectivity index (χ2n) is 4.02. The predicted octanol–water partition coefficient (Wildman–Crippen LogP) is 3.93. The maximum atomic E-state index is 2.28. The molecule has 0 aliphatic carbocycles. The Bertz CT molecular complexity index is 267. The summed E-state index contributed by atoms with van der Waals surface area (Å²) in [6, 6.07) is 10.7. The molecular formula is C13H18. The summed E-state index contributed by atoms with van der Waals surface area (Å²) >= 11 is 0. The molecule has 70 valence electrons. The molecule has 0 saturated heterocycles. The first-order valence-electron chi connectivity index (χ1n) is 4.83. The van der Waals surface area contributed by atoms with Crippen LogP contribution in [0.3, 0.4) is 0 Å². The summed E-state index contributed by atoms with van der Waals surface area (Å²) in [5, 5.41) is 0. The van der Waals surface area contributed by atoms with Gasteiger partial charge in [-0.1, -0.05) is 56.3 Å². The van der Waals surface area contributed by atoms with Crippen LogP contribution in [0.5, 0.6) is 0 Å². The van der Waals surface area contributed by atoms with Gasteiger partial charge in [-0.15, -0.1) is 0 Å². The quantitative estimate of drug-likeness (QED) is 0.609. The van der Waals surface area contributed by atoms with Crippen molar-refractivity contribution in [1.29, 1.82) is 0 Å². The fourth-order valence-corrected chi connectivity index (χ4v) is 1.42. The van der Waals surface area contributed by atoms with Crippen LogP contribution in [0.2, 0.25) is 0 Å². The maximum Gasteiger partial charge on any atom is -0.00691 e. The Morgan fingerprint density at radius 3 is 2.31 bits per heavy atom. The molecule has 0 nitrogen and oxygen atoms in total. The van der Waals surface area contributed by atoms with Crippen LogP contribution in [0.25, 0.3) is 0 Å². The third-order valence-corrected chi connectivity index (χ3v) is 2.42. The lowest BCUT2D eigenvalue weighted by atomic mass is 9.81. The summed E-state index contributed by atoms with van der Waals surface area (Å²) in [5.41, 5.74) is 1.67. The molecule has 13 heavy (non-hydrogen) atoms. The molecule has 1 rings (SSSR count). The minimum Gasteiger partial charge on any atom is -0.0916 e. The zero-order chi connectivity index (χ0) is 9.73. The van der Waals surface area contributed by atoms with Crippen molar-refractivity contribution in [3.63, 3.8) is 0 Å². The van der Waals surface area contributed by atoms with Gasteiger partial charge in [0, 0.05) is 0 Å². The molecule has 0 heterocycles. The van der Waals surface area contributed by atoms with Crippen LogP contribution in [0.1, 0.15) is 32.8 Å².